The summed E-state index contributed by atoms with van der Waals surface area (Å²) in [5.74, 6) is -0.262. The number of hydrogen-bond acceptors (Lipinski definition) is 4. The van der Waals surface area contributed by atoms with Crippen molar-refractivity contribution in [3.8, 4) is 11.5 Å². The molecule has 0 amide bonds. The molecular weight excluding hydrogens is 485 g/mol. The SMILES string of the molecule is CCCc1cc(C(=O)c2ccc(F)cc2)ccc1OCCCn1ccc2cc(OC(C)(C)C(=O)O)ccc21. The lowest BCUT2D eigenvalue weighted by atomic mass is 9.99. The number of aryl methyl sites for hydroxylation is 2. The number of carboxylic acid groups (broad SMARTS) is 1. The van der Waals surface area contributed by atoms with Crippen molar-refractivity contribution in [1.29, 1.82) is 0 Å². The molecule has 0 unspecified atom stereocenters. The number of halogens is 1. The molecule has 0 spiro atoms. The largest absolute Gasteiger partial charge is 0.493 e. The first-order valence-corrected chi connectivity index (χ1v) is 12.8. The van der Waals surface area contributed by atoms with Crippen LogP contribution >= 0.6 is 0 Å². The molecule has 198 valence electrons. The summed E-state index contributed by atoms with van der Waals surface area (Å²) < 4.78 is 27.1. The second-order valence-electron chi connectivity index (χ2n) is 9.76. The lowest BCUT2D eigenvalue weighted by Crippen LogP contribution is -2.37. The molecule has 38 heavy (non-hydrogen) atoms. The van der Waals surface area contributed by atoms with Crippen LogP contribution in [0.4, 0.5) is 4.39 Å². The molecule has 0 aliphatic rings. The first kappa shape index (κ1) is 26.9. The van der Waals surface area contributed by atoms with E-state index >= 15 is 0 Å². The maximum absolute atomic E-state index is 13.2. The lowest BCUT2D eigenvalue weighted by Gasteiger charge is -2.21. The van der Waals surface area contributed by atoms with Crippen molar-refractivity contribution < 1.29 is 28.6 Å². The van der Waals surface area contributed by atoms with Gasteiger partial charge < -0.3 is 19.1 Å². The minimum Gasteiger partial charge on any atom is -0.493 e. The summed E-state index contributed by atoms with van der Waals surface area (Å²) >= 11 is 0. The summed E-state index contributed by atoms with van der Waals surface area (Å²) in [6, 6.07) is 18.6. The second kappa shape index (κ2) is 11.5. The zero-order valence-electron chi connectivity index (χ0n) is 21.9. The fraction of sp³-hybridized carbons (Fsp3) is 0.290. The smallest absolute Gasteiger partial charge is 0.347 e. The van der Waals surface area contributed by atoms with E-state index in [4.69, 9.17) is 9.47 Å². The summed E-state index contributed by atoms with van der Waals surface area (Å²) in [6.07, 6.45) is 4.46. The maximum atomic E-state index is 13.2. The van der Waals surface area contributed by atoms with Crippen LogP contribution in [0.25, 0.3) is 10.9 Å². The Balaban J connectivity index is 1.38. The number of carbonyl (C=O) groups excluding carboxylic acids is 1. The summed E-state index contributed by atoms with van der Waals surface area (Å²) in [5, 5.41) is 10.3. The highest BCUT2D eigenvalue weighted by atomic mass is 19.1. The second-order valence-corrected chi connectivity index (χ2v) is 9.76. The number of nitrogens with zero attached hydrogens (tertiary/aromatic N) is 1. The lowest BCUT2D eigenvalue weighted by molar-refractivity contribution is -0.152. The van der Waals surface area contributed by atoms with Crippen LogP contribution in [-0.4, -0.2) is 33.6 Å². The van der Waals surface area contributed by atoms with E-state index < -0.39 is 11.6 Å². The van der Waals surface area contributed by atoms with Crippen LogP contribution in [-0.2, 0) is 17.8 Å². The molecule has 1 heterocycles. The average Bonchev–Trinajstić information content (AvgIpc) is 3.29. The van der Waals surface area contributed by atoms with E-state index in [1.165, 1.54) is 38.1 Å². The molecule has 4 aromatic rings. The highest BCUT2D eigenvalue weighted by Gasteiger charge is 2.29. The number of rotatable bonds is 12. The van der Waals surface area contributed by atoms with Crippen molar-refractivity contribution in [2.45, 2.75) is 52.2 Å². The minimum absolute atomic E-state index is 0.145. The van der Waals surface area contributed by atoms with E-state index in [2.05, 4.69) is 11.5 Å². The van der Waals surface area contributed by atoms with Gasteiger partial charge in [0.1, 0.15) is 17.3 Å². The average molecular weight is 518 g/mol. The molecular formula is C31H32FNO5. The topological polar surface area (TPSA) is 77.8 Å². The number of carboxylic acids is 1. The Kier molecular flexibility index (Phi) is 8.15. The van der Waals surface area contributed by atoms with Crippen molar-refractivity contribution >= 4 is 22.7 Å². The molecule has 7 heteroatoms. The molecule has 0 saturated heterocycles. The van der Waals surface area contributed by atoms with Crippen LogP contribution in [0.2, 0.25) is 0 Å². The van der Waals surface area contributed by atoms with Gasteiger partial charge in [0, 0.05) is 34.8 Å². The van der Waals surface area contributed by atoms with Crippen molar-refractivity contribution in [2.75, 3.05) is 6.61 Å². The number of benzene rings is 3. The molecule has 1 N–H and O–H groups in total. The monoisotopic (exact) mass is 517 g/mol. The number of hydrogen-bond donors (Lipinski definition) is 1. The molecule has 0 fully saturated rings. The molecule has 3 aromatic carbocycles. The van der Waals surface area contributed by atoms with Crippen molar-refractivity contribution in [3.63, 3.8) is 0 Å². The molecule has 0 bridgehead atoms. The van der Waals surface area contributed by atoms with Gasteiger partial charge >= 0.3 is 5.97 Å². The molecule has 0 aliphatic carbocycles. The Morgan fingerprint density at radius 1 is 0.974 bits per heavy atom. The van der Waals surface area contributed by atoms with Crippen LogP contribution < -0.4 is 9.47 Å². The number of fused-ring (bicyclic) bond motifs is 1. The maximum Gasteiger partial charge on any atom is 0.347 e. The third-order valence-electron chi connectivity index (χ3n) is 6.38. The Labute approximate surface area is 221 Å². The summed E-state index contributed by atoms with van der Waals surface area (Å²) in [5.41, 5.74) is 1.70. The van der Waals surface area contributed by atoms with Gasteiger partial charge in [-0.3, -0.25) is 4.79 Å². The molecule has 6 nitrogen and oxygen atoms in total. The van der Waals surface area contributed by atoms with Crippen LogP contribution in [0.3, 0.4) is 0 Å². The van der Waals surface area contributed by atoms with E-state index in [-0.39, 0.29) is 11.6 Å². The Bertz CT molecular complexity index is 1440. The molecule has 0 atom stereocenters. The Morgan fingerprint density at radius 2 is 1.71 bits per heavy atom. The Morgan fingerprint density at radius 3 is 2.42 bits per heavy atom. The number of ketones is 1. The molecule has 0 aliphatic heterocycles. The van der Waals surface area contributed by atoms with Crippen LogP contribution in [0.5, 0.6) is 11.5 Å². The summed E-state index contributed by atoms with van der Waals surface area (Å²) in [7, 11) is 0. The third-order valence-corrected chi connectivity index (χ3v) is 6.38. The van der Waals surface area contributed by atoms with E-state index in [0.29, 0.717) is 23.5 Å². The Hall–Kier alpha value is -4.13. The highest BCUT2D eigenvalue weighted by Crippen LogP contribution is 2.26. The predicted octanol–water partition coefficient (Wildman–Crippen LogP) is 6.68. The van der Waals surface area contributed by atoms with E-state index in [1.54, 1.807) is 12.1 Å². The molecule has 0 radical (unpaired) electrons. The van der Waals surface area contributed by atoms with Gasteiger partial charge in [0.05, 0.1) is 6.61 Å². The van der Waals surface area contributed by atoms with Crippen LogP contribution in [0.15, 0.2) is 72.9 Å². The van der Waals surface area contributed by atoms with E-state index in [0.717, 1.165) is 48.0 Å². The predicted molar refractivity (Wildman–Crippen MR) is 145 cm³/mol. The fourth-order valence-electron chi connectivity index (χ4n) is 4.29. The van der Waals surface area contributed by atoms with Gasteiger partial charge in [-0.05, 0) is 99.0 Å². The highest BCUT2D eigenvalue weighted by molar-refractivity contribution is 6.09. The van der Waals surface area contributed by atoms with Gasteiger partial charge in [-0.2, -0.15) is 0 Å². The number of carbonyl (C=O) groups is 2. The van der Waals surface area contributed by atoms with Gasteiger partial charge in [0.2, 0.25) is 0 Å². The molecule has 1 aromatic heterocycles. The quantitative estimate of drug-likeness (QED) is 0.168. The molecule has 4 rings (SSSR count). The van der Waals surface area contributed by atoms with Crippen LogP contribution in [0, 0.1) is 5.82 Å². The zero-order valence-corrected chi connectivity index (χ0v) is 21.9. The molecule has 0 saturated carbocycles. The van der Waals surface area contributed by atoms with Crippen molar-refractivity contribution in [2.24, 2.45) is 0 Å². The van der Waals surface area contributed by atoms with Gasteiger partial charge in [-0.25, -0.2) is 9.18 Å². The fourth-order valence-corrected chi connectivity index (χ4v) is 4.29. The van der Waals surface area contributed by atoms with Crippen molar-refractivity contribution in [1.82, 2.24) is 4.57 Å². The van der Waals surface area contributed by atoms with E-state index in [9.17, 15) is 19.1 Å². The number of ether oxygens (including phenoxy) is 2. The standard InChI is InChI=1S/C31H32FNO5/c1-4-6-23-19-24(29(34)21-7-10-25(32)11-8-21)9-14-28(23)37-18-5-16-33-17-15-22-20-26(12-13-27(22)33)38-31(2,3)30(35)36/h7-15,17,19-20H,4-6,16,18H2,1-3H3,(H,35,36). The third kappa shape index (κ3) is 6.22. The first-order valence-electron chi connectivity index (χ1n) is 12.8. The zero-order chi connectivity index (χ0) is 27.3. The van der Waals surface area contributed by atoms with Crippen LogP contribution in [0.1, 0.15) is 55.1 Å². The van der Waals surface area contributed by atoms with Crippen molar-refractivity contribution in [3.05, 3.63) is 95.4 Å². The van der Waals surface area contributed by atoms with Gasteiger partial charge in [0.25, 0.3) is 0 Å². The number of aliphatic carboxylic acids is 1. The normalized spacial score (nSPS) is 11.5. The van der Waals surface area contributed by atoms with Gasteiger partial charge in [-0.15, -0.1) is 0 Å². The minimum atomic E-state index is -1.31. The van der Waals surface area contributed by atoms with Gasteiger partial charge in [-0.1, -0.05) is 13.3 Å². The summed E-state index contributed by atoms with van der Waals surface area (Å²) in [4.78, 5) is 24.2. The van der Waals surface area contributed by atoms with E-state index in [1.807, 2.05) is 36.5 Å². The first-order chi connectivity index (χ1) is 18.2. The summed E-state index contributed by atoms with van der Waals surface area (Å²) in [6.45, 7) is 6.37. The number of aromatic nitrogens is 1. The van der Waals surface area contributed by atoms with Gasteiger partial charge in [0.15, 0.2) is 11.4 Å².